The Kier molecular flexibility index (Phi) is 23.6. The standard InChI is InChI=1S/C48H40N5O9P.C13H27O7P.2Na/c1-3-62-63(57,58)23-22-61-21-20-60-19-18-59-17-16-49-46(54)27-5-15-37-39(25-27)53-45(51-37)33-11-7-29-28-6-10-32-42-34(47(55)52-38-24-26(2)4-14-36(38)50-44(32)52)12-8-30(40(28)42)31-9-13-35(48(53)56)43(33)41(29)31;1-3-20-21(15,16)12-11-19-10-9-18-8-7-17-6-4-5-13(2)14;;/h4-15,24-25H,3,16-23H2,1-2H3,(H,49,54)(H,57,58);3-12H2,1-2H3,(H,15,16);;/q;;2*+1/p-1. The van der Waals surface area contributed by atoms with Crippen LogP contribution in [0.5, 0.6) is 0 Å². The Hall–Kier alpha value is -4.68. The predicted octanol–water partition coefficient (Wildman–Crippen LogP) is 2.55. The van der Waals surface area contributed by atoms with Crippen LogP contribution in [-0.2, 0) is 51.4 Å². The van der Waals surface area contributed by atoms with E-state index in [9.17, 15) is 38.1 Å². The Morgan fingerprint density at radius 3 is 1.47 bits per heavy atom. The number of fused-ring (bicyclic) bond motifs is 10. The summed E-state index contributed by atoms with van der Waals surface area (Å²) in [7, 11) is -7.33. The number of rotatable bonds is 30. The Labute approximate surface area is 538 Å². The Morgan fingerprint density at radius 1 is 0.547 bits per heavy atom. The number of aryl methyl sites for hydroxylation is 1. The number of nitrogens with zero attached hydrogens (tertiary/aromatic N) is 4. The van der Waals surface area contributed by atoms with Gasteiger partial charge in [0, 0.05) is 63.6 Å². The third-order valence-electron chi connectivity index (χ3n) is 14.5. The van der Waals surface area contributed by atoms with Crippen molar-refractivity contribution in [3.63, 3.8) is 0 Å². The molecule has 0 fully saturated rings. The molecule has 2 unspecified atom stereocenters. The van der Waals surface area contributed by atoms with Crippen LogP contribution in [0.25, 0.3) is 98.0 Å². The molecule has 0 bridgehead atoms. The van der Waals surface area contributed by atoms with Gasteiger partial charge in [0.25, 0.3) is 17.0 Å². The number of pyridine rings is 2. The zero-order valence-electron chi connectivity index (χ0n) is 49.3. The summed E-state index contributed by atoms with van der Waals surface area (Å²) in [4.78, 5) is 83.4. The fourth-order valence-electron chi connectivity index (χ4n) is 10.8. The summed E-state index contributed by atoms with van der Waals surface area (Å²) in [6, 6.07) is 27.3. The second-order valence-electron chi connectivity index (χ2n) is 20.3. The summed E-state index contributed by atoms with van der Waals surface area (Å²) in [5.74, 6) is -0.143. The molecule has 25 heteroatoms. The first kappa shape index (κ1) is 67.3. The maximum Gasteiger partial charge on any atom is 1.00 e. The van der Waals surface area contributed by atoms with Crippen molar-refractivity contribution in [1.82, 2.24) is 24.1 Å². The minimum absolute atomic E-state index is 0. The van der Waals surface area contributed by atoms with E-state index in [1.165, 1.54) is 0 Å². The number of hydrogen-bond acceptors (Lipinski definition) is 17. The van der Waals surface area contributed by atoms with Crippen molar-refractivity contribution >= 4 is 125 Å². The molecular weight excluding hydrogens is 1170 g/mol. The molecule has 21 nitrogen and oxygen atoms in total. The van der Waals surface area contributed by atoms with Gasteiger partial charge in [-0.15, -0.1) is 0 Å². The molecule has 2 atom stereocenters. The Morgan fingerprint density at radius 2 is 0.965 bits per heavy atom. The van der Waals surface area contributed by atoms with Gasteiger partial charge < -0.3 is 61.9 Å². The molecule has 11 rings (SSSR count). The molecule has 0 spiro atoms. The Balaban J connectivity index is 0.000000360. The van der Waals surface area contributed by atoms with Gasteiger partial charge in [0.2, 0.25) is 0 Å². The van der Waals surface area contributed by atoms with Crippen LogP contribution in [0.2, 0.25) is 0 Å². The smallest absolute Gasteiger partial charge is 0.778 e. The van der Waals surface area contributed by atoms with Gasteiger partial charge in [0.05, 0.1) is 114 Å². The summed E-state index contributed by atoms with van der Waals surface area (Å²) < 4.78 is 67.6. The number of ether oxygens (including phenoxy) is 6. The summed E-state index contributed by atoms with van der Waals surface area (Å²) >= 11 is 0. The van der Waals surface area contributed by atoms with Crippen molar-refractivity contribution in [1.29, 1.82) is 0 Å². The van der Waals surface area contributed by atoms with Crippen LogP contribution in [-0.4, -0.2) is 147 Å². The number of aromatic nitrogens is 4. The van der Waals surface area contributed by atoms with E-state index in [1.807, 2.05) is 55.5 Å². The van der Waals surface area contributed by atoms with Crippen molar-refractivity contribution in [2.24, 2.45) is 0 Å². The van der Waals surface area contributed by atoms with Gasteiger partial charge >= 0.3 is 66.7 Å². The predicted molar refractivity (Wildman–Crippen MR) is 322 cm³/mol. The Bertz CT molecular complexity index is 4390. The van der Waals surface area contributed by atoms with E-state index in [2.05, 4.69) is 28.0 Å². The van der Waals surface area contributed by atoms with E-state index in [1.54, 1.807) is 47.8 Å². The average molecular weight is 1230 g/mol. The maximum atomic E-state index is 14.6. The van der Waals surface area contributed by atoms with Crippen molar-refractivity contribution in [3.8, 4) is 0 Å². The molecule has 0 aliphatic carbocycles. The van der Waals surface area contributed by atoms with E-state index in [0.717, 1.165) is 76.9 Å². The quantitative estimate of drug-likeness (QED) is 0.0215. The van der Waals surface area contributed by atoms with Gasteiger partial charge in [-0.3, -0.25) is 27.8 Å². The molecule has 2 N–H and O–H groups in total. The second-order valence-corrected chi connectivity index (χ2v) is 24.2. The summed E-state index contributed by atoms with van der Waals surface area (Å²) in [6.07, 6.45) is 1.07. The van der Waals surface area contributed by atoms with Gasteiger partial charge in [-0.25, -0.2) is 9.97 Å². The van der Waals surface area contributed by atoms with E-state index in [0.29, 0.717) is 97.9 Å². The molecule has 0 aliphatic rings. The molecule has 442 valence electrons. The number of hydrogen-bond donors (Lipinski definition) is 2. The van der Waals surface area contributed by atoms with E-state index in [4.69, 9.17) is 42.9 Å². The average Bonchev–Trinajstić information content (AvgIpc) is 1.07. The topological polar surface area (TPSA) is 266 Å². The van der Waals surface area contributed by atoms with E-state index >= 15 is 0 Å². The molecule has 0 saturated heterocycles. The number of nitrogens with one attached hydrogen (secondary N) is 1. The molecule has 0 saturated carbocycles. The van der Waals surface area contributed by atoms with Crippen LogP contribution < -0.4 is 80.4 Å². The van der Waals surface area contributed by atoms with Crippen LogP contribution in [0.3, 0.4) is 0 Å². The summed E-state index contributed by atoms with van der Waals surface area (Å²) in [5.41, 5.74) is 4.97. The third kappa shape index (κ3) is 14.8. The maximum absolute atomic E-state index is 14.6. The first-order valence-corrected chi connectivity index (χ1v) is 31.6. The molecule has 0 aliphatic heterocycles. The molecule has 0 radical (unpaired) electrons. The number of carbonyl (C=O) groups excluding carboxylic acids is 2. The summed E-state index contributed by atoms with van der Waals surface area (Å²) in [6.45, 7) is 11.3. The minimum Gasteiger partial charge on any atom is -0.778 e. The molecule has 7 aromatic carbocycles. The normalized spacial score (nSPS) is 13.4. The first-order valence-electron chi connectivity index (χ1n) is 28.1. The van der Waals surface area contributed by atoms with Gasteiger partial charge in [-0.2, -0.15) is 0 Å². The van der Waals surface area contributed by atoms with Crippen LogP contribution in [0.15, 0.2) is 94.5 Å². The number of amides is 1. The number of ketones is 1. The summed E-state index contributed by atoms with van der Waals surface area (Å²) in [5, 5.41) is 13.4. The van der Waals surface area contributed by atoms with Gasteiger partial charge in [-0.1, -0.05) is 30.3 Å². The molecule has 1 amide bonds. The van der Waals surface area contributed by atoms with Gasteiger partial charge in [-0.05, 0) is 127 Å². The zero-order valence-corrected chi connectivity index (χ0v) is 55.1. The fraction of sp³-hybridized carbons (Fsp3) is 0.377. The third-order valence-corrected chi connectivity index (χ3v) is 17.3. The second kappa shape index (κ2) is 30.2. The van der Waals surface area contributed by atoms with Gasteiger partial charge in [0.1, 0.15) is 24.7 Å². The number of Topliss-reactive ketones (excluding diaryl/α,β-unsaturated/α-hetero) is 1. The molecule has 11 aromatic rings. The van der Waals surface area contributed by atoms with Crippen LogP contribution in [0.1, 0.15) is 49.5 Å². The van der Waals surface area contributed by atoms with Crippen molar-refractivity contribution in [2.75, 3.05) is 111 Å². The largest absolute Gasteiger partial charge is 1.00 e. The van der Waals surface area contributed by atoms with Crippen molar-refractivity contribution in [3.05, 3.63) is 117 Å². The van der Waals surface area contributed by atoms with E-state index in [-0.39, 0.29) is 140 Å². The van der Waals surface area contributed by atoms with Crippen LogP contribution in [0, 0.1) is 6.92 Å². The van der Waals surface area contributed by atoms with Gasteiger partial charge in [0.15, 0.2) is 0 Å². The number of imidazole rings is 2. The van der Waals surface area contributed by atoms with Crippen LogP contribution in [0.4, 0.5) is 0 Å². The molecule has 86 heavy (non-hydrogen) atoms. The van der Waals surface area contributed by atoms with Crippen molar-refractivity contribution in [2.45, 2.75) is 40.5 Å². The van der Waals surface area contributed by atoms with Crippen molar-refractivity contribution < 1.29 is 125 Å². The molecule has 4 aromatic heterocycles. The fourth-order valence-corrected chi connectivity index (χ4v) is 12.5. The SMILES string of the molecule is CCOP(=O)(O)CCOCCOCCOCCNC(=O)c1ccc2nc3c4ccc5c6ccc7c8c(ccc(c9ccc(c(=O)n3c2c1)c4c95)c68)c(=O)n1c2cc(C)ccc2nc71.CCOP(=O)([O-])CCOCCOCCOCCCC(C)=O.[Na+].[Na+]. The minimum atomic E-state index is -3.74. The number of benzene rings is 7. The molecule has 4 heterocycles. The zero-order chi connectivity index (χ0) is 59.1. The number of carbonyl (C=O) groups is 2. The first-order chi connectivity index (χ1) is 40.6. The van der Waals surface area contributed by atoms with E-state index < -0.39 is 15.2 Å². The monoisotopic (exact) mass is 1230 g/mol. The van der Waals surface area contributed by atoms with Crippen LogP contribution >= 0.6 is 15.2 Å². The molecular formula is C61H66N5Na2O16P2+.